The molecule has 2 N–H and O–H groups in total. The zero-order valence-electron chi connectivity index (χ0n) is 17.0. The fourth-order valence-electron chi connectivity index (χ4n) is 3.31. The second-order valence-electron chi connectivity index (χ2n) is 6.85. The summed E-state index contributed by atoms with van der Waals surface area (Å²) < 4.78 is 16.1. The Bertz CT molecular complexity index is 866. The lowest BCUT2D eigenvalue weighted by Crippen LogP contribution is -2.90. The summed E-state index contributed by atoms with van der Waals surface area (Å²) in [6.45, 7) is 3.23. The largest absolute Gasteiger partial charge is 0.494 e. The third kappa shape index (κ3) is 4.68. The van der Waals surface area contributed by atoms with Crippen LogP contribution in [0.3, 0.4) is 0 Å². The lowest BCUT2D eigenvalue weighted by atomic mass is 10.1. The molecule has 3 rings (SSSR count). The maximum Gasteiger partial charge on any atom is 0.292 e. The van der Waals surface area contributed by atoms with Crippen LogP contribution in [-0.4, -0.2) is 38.7 Å². The molecule has 7 heteroatoms. The van der Waals surface area contributed by atoms with Gasteiger partial charge in [0.1, 0.15) is 12.3 Å². The molecule has 154 valence electrons. The van der Waals surface area contributed by atoms with Crippen LogP contribution >= 0.6 is 0 Å². The second-order valence-corrected chi connectivity index (χ2v) is 6.85. The Balaban J connectivity index is 1.64. The normalized spacial score (nSPS) is 16.2. The van der Waals surface area contributed by atoms with Gasteiger partial charge in [-0.25, -0.2) is 4.90 Å². The standard InChI is InChI=1S/C22H26N2O5/c1-4-11-29-17-8-6-16(7-9-17)24-21(25)13-18(22(24)26)23-14-15-5-10-19(27-2)20(12-15)28-3/h5-10,12,18,23H,4,11,13-14H2,1-3H3/p+1/t18-/m0/s1. The van der Waals surface area contributed by atoms with Crippen molar-refractivity contribution in [3.8, 4) is 17.2 Å². The van der Waals surface area contributed by atoms with Crippen molar-refractivity contribution < 1.29 is 29.1 Å². The minimum atomic E-state index is -0.438. The third-order valence-corrected chi connectivity index (χ3v) is 4.84. The van der Waals surface area contributed by atoms with Gasteiger partial charge in [0.05, 0.1) is 32.9 Å². The molecule has 1 aliphatic rings. The van der Waals surface area contributed by atoms with Crippen molar-refractivity contribution in [3.63, 3.8) is 0 Å². The average Bonchev–Trinajstić information content (AvgIpc) is 3.04. The maximum atomic E-state index is 12.8. The summed E-state index contributed by atoms with van der Waals surface area (Å²) >= 11 is 0. The van der Waals surface area contributed by atoms with Crippen molar-refractivity contribution >= 4 is 17.5 Å². The number of nitrogens with zero attached hydrogens (tertiary/aromatic N) is 1. The van der Waals surface area contributed by atoms with Gasteiger partial charge in [-0.05, 0) is 48.9 Å². The monoisotopic (exact) mass is 399 g/mol. The predicted octanol–water partition coefficient (Wildman–Crippen LogP) is 1.89. The number of nitrogens with two attached hydrogens (primary N) is 1. The number of ether oxygens (including phenoxy) is 3. The Kier molecular flexibility index (Phi) is 6.72. The van der Waals surface area contributed by atoms with E-state index in [0.29, 0.717) is 30.3 Å². The molecule has 2 aromatic rings. The van der Waals surface area contributed by atoms with Crippen molar-refractivity contribution in [3.05, 3.63) is 48.0 Å². The molecular weight excluding hydrogens is 372 g/mol. The summed E-state index contributed by atoms with van der Waals surface area (Å²) in [6, 6.07) is 12.3. The number of quaternary nitrogens is 1. The van der Waals surface area contributed by atoms with Gasteiger partial charge in [0, 0.05) is 5.56 Å². The van der Waals surface area contributed by atoms with Crippen LogP contribution in [0.15, 0.2) is 42.5 Å². The first-order chi connectivity index (χ1) is 14.1. The van der Waals surface area contributed by atoms with Crippen LogP contribution in [0.1, 0.15) is 25.3 Å². The first-order valence-corrected chi connectivity index (χ1v) is 9.71. The molecule has 0 radical (unpaired) electrons. The summed E-state index contributed by atoms with van der Waals surface area (Å²) in [5.41, 5.74) is 1.56. The van der Waals surface area contributed by atoms with Gasteiger partial charge in [-0.2, -0.15) is 0 Å². The Morgan fingerprint density at radius 2 is 1.76 bits per heavy atom. The van der Waals surface area contributed by atoms with Gasteiger partial charge in [0.2, 0.25) is 5.91 Å². The zero-order valence-corrected chi connectivity index (χ0v) is 17.0. The number of carbonyl (C=O) groups is 2. The molecule has 2 aromatic carbocycles. The van der Waals surface area contributed by atoms with Crippen LogP contribution in [0.5, 0.6) is 17.2 Å². The molecule has 7 nitrogen and oxygen atoms in total. The van der Waals surface area contributed by atoms with Crippen LogP contribution in [0, 0.1) is 0 Å². The molecule has 1 saturated heterocycles. The predicted molar refractivity (Wildman–Crippen MR) is 108 cm³/mol. The van der Waals surface area contributed by atoms with E-state index in [1.807, 2.05) is 30.4 Å². The quantitative estimate of drug-likeness (QED) is 0.651. The van der Waals surface area contributed by atoms with Gasteiger partial charge in [-0.15, -0.1) is 0 Å². The SMILES string of the molecule is CCCOc1ccc(N2C(=O)C[C@H]([NH2+]Cc3ccc(OC)c(OC)c3)C2=O)cc1. The topological polar surface area (TPSA) is 81.7 Å². The number of rotatable bonds is 9. The molecule has 29 heavy (non-hydrogen) atoms. The van der Waals surface area contributed by atoms with Crippen molar-refractivity contribution in [2.24, 2.45) is 0 Å². The molecule has 0 unspecified atom stereocenters. The third-order valence-electron chi connectivity index (χ3n) is 4.84. The zero-order chi connectivity index (χ0) is 20.8. The molecule has 1 aliphatic heterocycles. The number of amides is 2. The smallest absolute Gasteiger partial charge is 0.292 e. The van der Waals surface area contributed by atoms with Crippen molar-refractivity contribution in [1.82, 2.24) is 0 Å². The molecule has 0 saturated carbocycles. The summed E-state index contributed by atoms with van der Waals surface area (Å²) in [7, 11) is 3.17. The fraction of sp³-hybridized carbons (Fsp3) is 0.364. The van der Waals surface area contributed by atoms with Crippen molar-refractivity contribution in [2.45, 2.75) is 32.4 Å². The molecular formula is C22H27N2O5+. The van der Waals surface area contributed by atoms with Crippen LogP contribution in [0.4, 0.5) is 5.69 Å². The van der Waals surface area contributed by atoms with E-state index in [2.05, 4.69) is 0 Å². The fourth-order valence-corrected chi connectivity index (χ4v) is 3.31. The number of hydrogen-bond donors (Lipinski definition) is 1. The molecule has 0 aliphatic carbocycles. The van der Waals surface area contributed by atoms with E-state index in [-0.39, 0.29) is 18.2 Å². The number of anilines is 1. The van der Waals surface area contributed by atoms with Gasteiger partial charge in [0.15, 0.2) is 17.5 Å². The summed E-state index contributed by atoms with van der Waals surface area (Å²) in [6.07, 6.45) is 1.10. The first-order valence-electron chi connectivity index (χ1n) is 9.71. The minimum absolute atomic E-state index is 0.181. The Morgan fingerprint density at radius 3 is 2.41 bits per heavy atom. The molecule has 0 spiro atoms. The minimum Gasteiger partial charge on any atom is -0.494 e. The lowest BCUT2D eigenvalue weighted by Gasteiger charge is -2.15. The number of carbonyl (C=O) groups excluding carboxylic acids is 2. The Hall–Kier alpha value is -3.06. The van der Waals surface area contributed by atoms with Crippen LogP contribution in [0.2, 0.25) is 0 Å². The highest BCUT2D eigenvalue weighted by Crippen LogP contribution is 2.27. The molecule has 1 heterocycles. The highest BCUT2D eigenvalue weighted by atomic mass is 16.5. The molecule has 0 bridgehead atoms. The van der Waals surface area contributed by atoms with E-state index in [4.69, 9.17) is 14.2 Å². The van der Waals surface area contributed by atoms with E-state index in [9.17, 15) is 9.59 Å². The maximum absolute atomic E-state index is 12.8. The van der Waals surface area contributed by atoms with E-state index < -0.39 is 6.04 Å². The molecule has 0 aromatic heterocycles. The Labute approximate surface area is 170 Å². The van der Waals surface area contributed by atoms with Gasteiger partial charge >= 0.3 is 0 Å². The van der Waals surface area contributed by atoms with Gasteiger partial charge in [-0.3, -0.25) is 9.59 Å². The summed E-state index contributed by atoms with van der Waals surface area (Å²) in [5.74, 6) is 1.63. The van der Waals surface area contributed by atoms with Gasteiger partial charge in [-0.1, -0.05) is 6.92 Å². The van der Waals surface area contributed by atoms with E-state index >= 15 is 0 Å². The number of hydrogen-bond acceptors (Lipinski definition) is 5. The number of benzene rings is 2. The van der Waals surface area contributed by atoms with E-state index in [1.54, 1.807) is 38.5 Å². The van der Waals surface area contributed by atoms with Gasteiger partial charge < -0.3 is 19.5 Å². The highest BCUT2D eigenvalue weighted by molar-refractivity contribution is 6.21. The first kappa shape index (κ1) is 20.7. The molecule has 2 amide bonds. The van der Waals surface area contributed by atoms with Crippen molar-refractivity contribution in [2.75, 3.05) is 25.7 Å². The molecule has 1 atom stereocenters. The van der Waals surface area contributed by atoms with Gasteiger partial charge in [0.25, 0.3) is 5.91 Å². The summed E-state index contributed by atoms with van der Waals surface area (Å²) in [5, 5.41) is 1.89. The van der Waals surface area contributed by atoms with Crippen LogP contribution < -0.4 is 24.4 Å². The summed E-state index contributed by atoms with van der Waals surface area (Å²) in [4.78, 5) is 26.5. The lowest BCUT2D eigenvalue weighted by molar-refractivity contribution is -0.690. The Morgan fingerprint density at radius 1 is 1.03 bits per heavy atom. The van der Waals surface area contributed by atoms with Crippen LogP contribution in [-0.2, 0) is 16.1 Å². The highest BCUT2D eigenvalue weighted by Gasteiger charge is 2.42. The second kappa shape index (κ2) is 9.43. The van der Waals surface area contributed by atoms with Crippen LogP contribution in [0.25, 0.3) is 0 Å². The van der Waals surface area contributed by atoms with E-state index in [0.717, 1.165) is 17.7 Å². The van der Waals surface area contributed by atoms with E-state index in [1.165, 1.54) is 4.90 Å². The average molecular weight is 399 g/mol. The molecule has 1 fully saturated rings. The number of imide groups is 1. The van der Waals surface area contributed by atoms with Crippen molar-refractivity contribution in [1.29, 1.82) is 0 Å². The number of methoxy groups -OCH3 is 2.